The van der Waals surface area contributed by atoms with Crippen LogP contribution in [0.4, 0.5) is 9.18 Å². The van der Waals surface area contributed by atoms with Gasteiger partial charge in [-0.15, -0.1) is 0 Å². The second kappa shape index (κ2) is 4.71. The Hall–Kier alpha value is -1.62. The van der Waals surface area contributed by atoms with Crippen molar-refractivity contribution in [3.05, 3.63) is 40.6 Å². The summed E-state index contributed by atoms with van der Waals surface area (Å²) < 4.78 is 13.4. The number of rotatable bonds is 2. The summed E-state index contributed by atoms with van der Waals surface area (Å²) in [5.74, 6) is -0.762. The van der Waals surface area contributed by atoms with Gasteiger partial charge in [-0.05, 0) is 30.8 Å². The van der Waals surface area contributed by atoms with Crippen LogP contribution in [-0.4, -0.2) is 22.6 Å². The first-order chi connectivity index (χ1) is 8.13. The van der Waals surface area contributed by atoms with Gasteiger partial charge < -0.3 is 0 Å². The molecule has 0 radical (unpaired) electrons. The fourth-order valence-corrected chi connectivity index (χ4v) is 2.40. The van der Waals surface area contributed by atoms with E-state index in [1.54, 1.807) is 25.1 Å². The fourth-order valence-electron chi connectivity index (χ4n) is 1.51. The largest absolute Gasteiger partial charge is 0.293 e. The van der Waals surface area contributed by atoms with Gasteiger partial charge in [0, 0.05) is 12.1 Å². The van der Waals surface area contributed by atoms with E-state index in [2.05, 4.69) is 0 Å². The molecule has 2 amide bonds. The van der Waals surface area contributed by atoms with E-state index in [1.807, 2.05) is 0 Å². The highest BCUT2D eigenvalue weighted by Crippen LogP contribution is 2.32. The molecule has 1 saturated heterocycles. The van der Waals surface area contributed by atoms with Crippen LogP contribution < -0.4 is 0 Å². The minimum atomic E-state index is -0.407. The van der Waals surface area contributed by atoms with Crippen molar-refractivity contribution in [1.82, 2.24) is 4.90 Å². The molecule has 3 nitrogen and oxygen atoms in total. The number of thioether (sulfide) groups is 1. The van der Waals surface area contributed by atoms with Gasteiger partial charge in [0.15, 0.2) is 0 Å². The van der Waals surface area contributed by atoms with Crippen LogP contribution in [0.5, 0.6) is 0 Å². The highest BCUT2D eigenvalue weighted by atomic mass is 32.2. The van der Waals surface area contributed by atoms with Crippen LogP contribution >= 0.6 is 11.8 Å². The van der Waals surface area contributed by atoms with Crippen molar-refractivity contribution in [1.29, 1.82) is 0 Å². The molecule has 1 aromatic rings. The minimum absolute atomic E-state index is 0.266. The Kier molecular flexibility index (Phi) is 3.28. The van der Waals surface area contributed by atoms with Crippen molar-refractivity contribution in [3.63, 3.8) is 0 Å². The Morgan fingerprint density at radius 1 is 1.35 bits per heavy atom. The standard InChI is InChI=1S/C12H10FNO2S/c1-2-14-11(15)10(17-12(14)16)7-8-5-3-4-6-9(8)13/h3-7H,2H2,1H3/b10-7+. The SMILES string of the molecule is CCN1C(=O)S/C(=C/c2ccccc2F)C1=O. The molecule has 17 heavy (non-hydrogen) atoms. The van der Waals surface area contributed by atoms with Crippen LogP contribution in [0.25, 0.3) is 6.08 Å². The number of amides is 2. The summed E-state index contributed by atoms with van der Waals surface area (Å²) in [4.78, 5) is 24.6. The van der Waals surface area contributed by atoms with E-state index >= 15 is 0 Å². The average Bonchev–Trinajstić information content (AvgIpc) is 2.57. The molecule has 2 rings (SSSR count). The van der Waals surface area contributed by atoms with Crippen molar-refractivity contribution in [3.8, 4) is 0 Å². The minimum Gasteiger partial charge on any atom is -0.269 e. The van der Waals surface area contributed by atoms with Crippen LogP contribution in [0.2, 0.25) is 0 Å². The summed E-state index contributed by atoms with van der Waals surface area (Å²) >= 11 is 0.842. The number of carbonyl (C=O) groups is 2. The van der Waals surface area contributed by atoms with Gasteiger partial charge >= 0.3 is 0 Å². The number of nitrogens with zero attached hydrogens (tertiary/aromatic N) is 1. The fraction of sp³-hybridized carbons (Fsp3) is 0.167. The lowest BCUT2D eigenvalue weighted by atomic mass is 10.2. The Morgan fingerprint density at radius 2 is 2.06 bits per heavy atom. The predicted molar refractivity (Wildman–Crippen MR) is 64.8 cm³/mol. The van der Waals surface area contributed by atoms with Gasteiger partial charge in [-0.3, -0.25) is 14.5 Å². The van der Waals surface area contributed by atoms with Gasteiger partial charge in [0.2, 0.25) is 0 Å². The Morgan fingerprint density at radius 3 is 2.65 bits per heavy atom. The van der Waals surface area contributed by atoms with E-state index in [4.69, 9.17) is 0 Å². The smallest absolute Gasteiger partial charge is 0.269 e. The van der Waals surface area contributed by atoms with Gasteiger partial charge in [0.25, 0.3) is 11.1 Å². The molecule has 0 unspecified atom stereocenters. The van der Waals surface area contributed by atoms with Gasteiger partial charge in [0.1, 0.15) is 5.82 Å². The zero-order valence-corrected chi connectivity index (χ0v) is 9.96. The van der Waals surface area contributed by atoms with Gasteiger partial charge in [0.05, 0.1) is 4.91 Å². The third-order valence-electron chi connectivity index (χ3n) is 2.38. The maximum atomic E-state index is 13.4. The third kappa shape index (κ3) is 2.24. The van der Waals surface area contributed by atoms with E-state index in [1.165, 1.54) is 12.1 Å². The number of hydrogen-bond donors (Lipinski definition) is 0. The van der Waals surface area contributed by atoms with E-state index < -0.39 is 5.82 Å². The normalized spacial score (nSPS) is 18.2. The molecule has 0 spiro atoms. The maximum Gasteiger partial charge on any atom is 0.293 e. The Labute approximate surface area is 102 Å². The van der Waals surface area contributed by atoms with Crippen LogP contribution in [-0.2, 0) is 4.79 Å². The topological polar surface area (TPSA) is 37.4 Å². The van der Waals surface area contributed by atoms with E-state index in [0.717, 1.165) is 16.7 Å². The first kappa shape index (κ1) is 11.9. The second-order valence-electron chi connectivity index (χ2n) is 3.45. The zero-order chi connectivity index (χ0) is 12.4. The summed E-state index contributed by atoms with van der Waals surface area (Å²) in [5, 5.41) is -0.305. The number of carbonyl (C=O) groups excluding carboxylic acids is 2. The second-order valence-corrected chi connectivity index (χ2v) is 4.44. The monoisotopic (exact) mass is 251 g/mol. The molecule has 88 valence electrons. The quantitative estimate of drug-likeness (QED) is 0.758. The van der Waals surface area contributed by atoms with Crippen LogP contribution in [0.3, 0.4) is 0 Å². The molecule has 0 N–H and O–H groups in total. The van der Waals surface area contributed by atoms with Gasteiger partial charge in [-0.1, -0.05) is 18.2 Å². The summed E-state index contributed by atoms with van der Waals surface area (Å²) in [5.41, 5.74) is 0.314. The van der Waals surface area contributed by atoms with Crippen LogP contribution in [0, 0.1) is 5.82 Å². The number of imide groups is 1. The van der Waals surface area contributed by atoms with E-state index in [0.29, 0.717) is 12.1 Å². The van der Waals surface area contributed by atoms with Crippen LogP contribution in [0.1, 0.15) is 12.5 Å². The summed E-state index contributed by atoms with van der Waals surface area (Å²) in [7, 11) is 0. The van der Waals surface area contributed by atoms with Crippen molar-refractivity contribution < 1.29 is 14.0 Å². The molecule has 0 bridgehead atoms. The molecule has 1 aliphatic heterocycles. The lowest BCUT2D eigenvalue weighted by Gasteiger charge is -2.06. The number of benzene rings is 1. The first-order valence-corrected chi connectivity index (χ1v) is 5.95. The molecule has 1 aromatic carbocycles. The summed E-state index contributed by atoms with van der Waals surface area (Å²) in [6.07, 6.45) is 1.41. The molecule has 0 aromatic heterocycles. The number of likely N-dealkylation sites (N-methyl/N-ethyl adjacent to an activating group) is 1. The molecular formula is C12H10FNO2S. The van der Waals surface area contributed by atoms with Crippen molar-refractivity contribution in [2.45, 2.75) is 6.92 Å². The highest BCUT2D eigenvalue weighted by Gasteiger charge is 2.33. The van der Waals surface area contributed by atoms with Crippen LogP contribution in [0.15, 0.2) is 29.2 Å². The molecule has 1 fully saturated rings. The molecule has 1 heterocycles. The van der Waals surface area contributed by atoms with Gasteiger partial charge in [-0.2, -0.15) is 0 Å². The molecule has 1 aliphatic rings. The average molecular weight is 251 g/mol. The number of halogens is 1. The van der Waals surface area contributed by atoms with Crippen molar-refractivity contribution >= 4 is 29.0 Å². The number of hydrogen-bond acceptors (Lipinski definition) is 3. The highest BCUT2D eigenvalue weighted by molar-refractivity contribution is 8.18. The lowest BCUT2D eigenvalue weighted by Crippen LogP contribution is -2.27. The molecular weight excluding hydrogens is 241 g/mol. The zero-order valence-electron chi connectivity index (χ0n) is 9.14. The molecule has 0 atom stereocenters. The molecule has 0 saturated carbocycles. The van der Waals surface area contributed by atoms with Crippen molar-refractivity contribution in [2.24, 2.45) is 0 Å². The maximum absolute atomic E-state index is 13.4. The summed E-state index contributed by atoms with van der Waals surface area (Å²) in [6.45, 7) is 2.06. The summed E-state index contributed by atoms with van der Waals surface area (Å²) in [6, 6.07) is 6.13. The predicted octanol–water partition coefficient (Wildman–Crippen LogP) is 2.88. The van der Waals surface area contributed by atoms with E-state index in [9.17, 15) is 14.0 Å². The Balaban J connectivity index is 2.34. The molecule has 0 aliphatic carbocycles. The molecule has 5 heteroatoms. The third-order valence-corrected chi connectivity index (χ3v) is 3.29. The Bertz CT molecular complexity index is 513. The first-order valence-electron chi connectivity index (χ1n) is 5.13. The van der Waals surface area contributed by atoms with Gasteiger partial charge in [-0.25, -0.2) is 4.39 Å². The van der Waals surface area contributed by atoms with Crippen molar-refractivity contribution in [2.75, 3.05) is 6.54 Å². The lowest BCUT2D eigenvalue weighted by molar-refractivity contribution is -0.122. The van der Waals surface area contributed by atoms with E-state index in [-0.39, 0.29) is 16.1 Å².